The molecule has 0 aliphatic heterocycles. The van der Waals surface area contributed by atoms with Crippen molar-refractivity contribution >= 4 is 23.3 Å². The van der Waals surface area contributed by atoms with Crippen LogP contribution in [0.1, 0.15) is 47.5 Å². The molecule has 0 aliphatic rings. The van der Waals surface area contributed by atoms with Gasteiger partial charge in [-0.3, -0.25) is 4.79 Å². The second-order valence-corrected chi connectivity index (χ2v) is 6.59. The zero-order valence-electron chi connectivity index (χ0n) is 14.1. The second-order valence-electron chi connectivity index (χ2n) is 6.59. The van der Waals surface area contributed by atoms with Gasteiger partial charge < -0.3 is 16.0 Å². The summed E-state index contributed by atoms with van der Waals surface area (Å²) in [6.07, 6.45) is 1.83. The third-order valence-corrected chi connectivity index (χ3v) is 3.05. The van der Waals surface area contributed by atoms with Gasteiger partial charge in [0.05, 0.1) is 0 Å². The molecule has 122 valence electrons. The first-order valence-corrected chi connectivity index (χ1v) is 7.71. The summed E-state index contributed by atoms with van der Waals surface area (Å²) in [5.41, 5.74) is 1.02. The summed E-state index contributed by atoms with van der Waals surface area (Å²) in [6, 6.07) is 6.87. The minimum Gasteiger partial charge on any atom is -0.333 e. The van der Waals surface area contributed by atoms with Gasteiger partial charge in [0.1, 0.15) is 0 Å². The smallest absolute Gasteiger partial charge is 0.319 e. The predicted octanol–water partition coefficient (Wildman–Crippen LogP) is 3.98. The van der Waals surface area contributed by atoms with Gasteiger partial charge in [-0.1, -0.05) is 26.3 Å². The van der Waals surface area contributed by atoms with Crippen molar-refractivity contribution in [1.29, 1.82) is 0 Å². The van der Waals surface area contributed by atoms with Gasteiger partial charge in [-0.2, -0.15) is 0 Å². The van der Waals surface area contributed by atoms with E-state index in [4.69, 9.17) is 0 Å². The van der Waals surface area contributed by atoms with E-state index in [1.165, 1.54) is 0 Å². The van der Waals surface area contributed by atoms with Crippen LogP contribution in [0.4, 0.5) is 16.2 Å². The Balaban J connectivity index is 2.66. The lowest BCUT2D eigenvalue weighted by Gasteiger charge is -2.21. The molecule has 0 radical (unpaired) electrons. The summed E-state index contributed by atoms with van der Waals surface area (Å²) >= 11 is 0. The number of hydrogen-bond donors (Lipinski definition) is 3. The highest BCUT2D eigenvalue weighted by atomic mass is 16.2. The lowest BCUT2D eigenvalue weighted by Crippen LogP contribution is -2.43. The van der Waals surface area contributed by atoms with E-state index in [9.17, 15) is 9.59 Å². The Bertz CT molecular complexity index is 521. The summed E-state index contributed by atoms with van der Waals surface area (Å²) in [7, 11) is 0. The molecule has 0 saturated heterocycles. The average molecular weight is 305 g/mol. The summed E-state index contributed by atoms with van der Waals surface area (Å²) < 4.78 is 0. The van der Waals surface area contributed by atoms with E-state index in [0.717, 1.165) is 12.8 Å². The van der Waals surface area contributed by atoms with Crippen LogP contribution in [0.25, 0.3) is 0 Å². The maximum atomic E-state index is 12.0. The van der Waals surface area contributed by atoms with Gasteiger partial charge >= 0.3 is 6.03 Å². The molecule has 0 aliphatic carbocycles. The van der Waals surface area contributed by atoms with Gasteiger partial charge in [0, 0.05) is 22.8 Å². The van der Waals surface area contributed by atoms with Crippen molar-refractivity contribution < 1.29 is 9.59 Å². The number of hydrogen-bond acceptors (Lipinski definition) is 2. The van der Waals surface area contributed by atoms with Crippen molar-refractivity contribution in [1.82, 2.24) is 5.32 Å². The van der Waals surface area contributed by atoms with Crippen molar-refractivity contribution in [2.75, 3.05) is 10.6 Å². The highest BCUT2D eigenvalue weighted by molar-refractivity contribution is 5.94. The number of nitrogens with one attached hydrogen (secondary N) is 3. The number of benzene rings is 1. The standard InChI is InChI=1S/C17H27N3O2/c1-6-8-12(2)15(21)18-13-9-7-10-14(11-13)19-16(22)20-17(3,4)5/h7,9-12H,6,8H2,1-5H3,(H,18,21)(H2,19,20,22). The molecule has 1 unspecified atom stereocenters. The maximum Gasteiger partial charge on any atom is 0.319 e. The van der Waals surface area contributed by atoms with Gasteiger partial charge in [-0.25, -0.2) is 4.79 Å². The zero-order chi connectivity index (χ0) is 16.8. The number of urea groups is 1. The fourth-order valence-electron chi connectivity index (χ4n) is 2.01. The molecule has 1 aromatic carbocycles. The molecule has 3 amide bonds. The van der Waals surface area contributed by atoms with E-state index in [-0.39, 0.29) is 23.4 Å². The van der Waals surface area contributed by atoms with Crippen molar-refractivity contribution in [3.8, 4) is 0 Å². The third kappa shape index (κ3) is 6.61. The van der Waals surface area contributed by atoms with Crippen LogP contribution in [0.15, 0.2) is 24.3 Å². The van der Waals surface area contributed by atoms with Crippen LogP contribution in [-0.4, -0.2) is 17.5 Å². The fourth-order valence-corrected chi connectivity index (χ4v) is 2.01. The molecule has 1 rings (SSSR count). The Hall–Kier alpha value is -2.04. The first kappa shape index (κ1) is 18.0. The monoisotopic (exact) mass is 305 g/mol. The Labute approximate surface area is 132 Å². The van der Waals surface area contributed by atoms with Crippen LogP contribution in [-0.2, 0) is 4.79 Å². The quantitative estimate of drug-likeness (QED) is 0.770. The summed E-state index contributed by atoms with van der Waals surface area (Å²) in [6.45, 7) is 9.72. The average Bonchev–Trinajstić information content (AvgIpc) is 2.36. The van der Waals surface area contributed by atoms with E-state index in [1.54, 1.807) is 18.2 Å². The summed E-state index contributed by atoms with van der Waals surface area (Å²) in [5.74, 6) is -0.0241. The SMILES string of the molecule is CCCC(C)C(=O)Nc1cccc(NC(=O)NC(C)(C)C)c1. The van der Waals surface area contributed by atoms with Crippen LogP contribution in [0, 0.1) is 5.92 Å². The van der Waals surface area contributed by atoms with Crippen molar-refractivity contribution in [3.05, 3.63) is 24.3 Å². The number of rotatable bonds is 5. The molecule has 5 heteroatoms. The molecule has 0 aromatic heterocycles. The molecule has 0 heterocycles. The number of amides is 3. The van der Waals surface area contributed by atoms with Gasteiger partial charge in [-0.15, -0.1) is 0 Å². The molecule has 1 atom stereocenters. The molecule has 0 bridgehead atoms. The normalized spacial score (nSPS) is 12.4. The number of anilines is 2. The minimum atomic E-state index is -0.300. The van der Waals surface area contributed by atoms with Gasteiger partial charge in [0.2, 0.25) is 5.91 Å². The second kappa shape index (κ2) is 7.82. The van der Waals surface area contributed by atoms with Crippen LogP contribution >= 0.6 is 0 Å². The van der Waals surface area contributed by atoms with Crippen LogP contribution in [0.3, 0.4) is 0 Å². The van der Waals surface area contributed by atoms with E-state index < -0.39 is 0 Å². The lowest BCUT2D eigenvalue weighted by atomic mass is 10.1. The van der Waals surface area contributed by atoms with Crippen molar-refractivity contribution in [2.24, 2.45) is 5.92 Å². The highest BCUT2D eigenvalue weighted by Crippen LogP contribution is 2.17. The van der Waals surface area contributed by atoms with Crippen molar-refractivity contribution in [2.45, 2.75) is 53.0 Å². The Morgan fingerprint density at radius 3 is 2.27 bits per heavy atom. The van der Waals surface area contributed by atoms with E-state index in [1.807, 2.05) is 33.8 Å². The maximum absolute atomic E-state index is 12.0. The Kier molecular flexibility index (Phi) is 6.40. The lowest BCUT2D eigenvalue weighted by molar-refractivity contribution is -0.119. The molecular weight excluding hydrogens is 278 g/mol. The van der Waals surface area contributed by atoms with Gasteiger partial charge in [0.25, 0.3) is 0 Å². The molecular formula is C17H27N3O2. The minimum absolute atomic E-state index is 0.00172. The first-order valence-electron chi connectivity index (χ1n) is 7.71. The predicted molar refractivity (Wildman–Crippen MR) is 91.1 cm³/mol. The van der Waals surface area contributed by atoms with E-state index >= 15 is 0 Å². The van der Waals surface area contributed by atoms with Crippen molar-refractivity contribution in [3.63, 3.8) is 0 Å². The number of carbonyl (C=O) groups is 2. The summed E-state index contributed by atoms with van der Waals surface area (Å²) in [4.78, 5) is 23.9. The Morgan fingerprint density at radius 1 is 1.14 bits per heavy atom. The van der Waals surface area contributed by atoms with E-state index in [2.05, 4.69) is 22.9 Å². The Morgan fingerprint density at radius 2 is 1.73 bits per heavy atom. The van der Waals surface area contributed by atoms with Crippen LogP contribution in [0.5, 0.6) is 0 Å². The molecule has 5 nitrogen and oxygen atoms in total. The third-order valence-electron chi connectivity index (χ3n) is 3.05. The van der Waals surface area contributed by atoms with Gasteiger partial charge in [0.15, 0.2) is 0 Å². The molecule has 0 saturated carbocycles. The molecule has 0 fully saturated rings. The van der Waals surface area contributed by atoms with Gasteiger partial charge in [-0.05, 0) is 45.4 Å². The number of carbonyl (C=O) groups excluding carboxylic acids is 2. The highest BCUT2D eigenvalue weighted by Gasteiger charge is 2.14. The summed E-state index contributed by atoms with van der Waals surface area (Å²) in [5, 5.41) is 8.47. The van der Waals surface area contributed by atoms with Crippen LogP contribution in [0.2, 0.25) is 0 Å². The topological polar surface area (TPSA) is 70.2 Å². The van der Waals surface area contributed by atoms with E-state index in [0.29, 0.717) is 11.4 Å². The zero-order valence-corrected chi connectivity index (χ0v) is 14.1. The molecule has 1 aromatic rings. The van der Waals surface area contributed by atoms with Crippen LogP contribution < -0.4 is 16.0 Å². The molecule has 22 heavy (non-hydrogen) atoms. The fraction of sp³-hybridized carbons (Fsp3) is 0.529. The molecule has 3 N–H and O–H groups in total. The first-order chi connectivity index (χ1) is 10.2. The largest absolute Gasteiger partial charge is 0.333 e. The molecule has 0 spiro atoms.